The third-order valence-electron chi connectivity index (χ3n) is 3.37. The van der Waals surface area contributed by atoms with Crippen molar-refractivity contribution < 1.29 is 9.90 Å². The molecule has 1 aliphatic carbocycles. The largest absolute Gasteiger partial charge is 0.481 e. The van der Waals surface area contributed by atoms with E-state index >= 15 is 0 Å². The van der Waals surface area contributed by atoms with Crippen LogP contribution in [0.15, 0.2) is 0 Å². The lowest BCUT2D eigenvalue weighted by atomic mass is 9.53. The smallest absolute Gasteiger partial charge is 0.303 e. The zero-order valence-electron chi connectivity index (χ0n) is 8.13. The molecule has 1 rings (SSSR count). The SMILES string of the molecule is CCC1C(C)CC1(C)CC(=O)O. The van der Waals surface area contributed by atoms with Crippen LogP contribution in [0.1, 0.15) is 40.0 Å². The summed E-state index contributed by atoms with van der Waals surface area (Å²) in [5.74, 6) is 0.691. The number of hydrogen-bond donors (Lipinski definition) is 1. The van der Waals surface area contributed by atoms with Crippen LogP contribution in [0.2, 0.25) is 0 Å². The first-order chi connectivity index (χ1) is 5.49. The summed E-state index contributed by atoms with van der Waals surface area (Å²) in [5, 5.41) is 8.71. The molecule has 0 aromatic heterocycles. The lowest BCUT2D eigenvalue weighted by Gasteiger charge is -2.51. The molecule has 0 bridgehead atoms. The number of rotatable bonds is 3. The maximum atomic E-state index is 10.6. The average molecular weight is 170 g/mol. The summed E-state index contributed by atoms with van der Waals surface area (Å²) in [6, 6.07) is 0. The first kappa shape index (κ1) is 9.56. The molecule has 2 nitrogen and oxygen atoms in total. The van der Waals surface area contributed by atoms with Gasteiger partial charge in [-0.15, -0.1) is 0 Å². The highest BCUT2D eigenvalue weighted by molar-refractivity contribution is 5.68. The van der Waals surface area contributed by atoms with Gasteiger partial charge in [0.2, 0.25) is 0 Å². The lowest BCUT2D eigenvalue weighted by molar-refractivity contribution is -0.145. The van der Waals surface area contributed by atoms with E-state index in [-0.39, 0.29) is 5.41 Å². The van der Waals surface area contributed by atoms with Crippen molar-refractivity contribution in [2.45, 2.75) is 40.0 Å². The highest BCUT2D eigenvalue weighted by Crippen LogP contribution is 2.54. The van der Waals surface area contributed by atoms with Crippen LogP contribution in [0.5, 0.6) is 0 Å². The minimum Gasteiger partial charge on any atom is -0.481 e. The van der Waals surface area contributed by atoms with E-state index in [0.29, 0.717) is 12.3 Å². The van der Waals surface area contributed by atoms with E-state index in [1.807, 2.05) is 0 Å². The van der Waals surface area contributed by atoms with E-state index in [2.05, 4.69) is 20.8 Å². The Balaban J connectivity index is 2.56. The van der Waals surface area contributed by atoms with E-state index in [9.17, 15) is 4.79 Å². The Morgan fingerprint density at radius 3 is 2.58 bits per heavy atom. The number of hydrogen-bond acceptors (Lipinski definition) is 1. The van der Waals surface area contributed by atoms with Crippen molar-refractivity contribution in [2.24, 2.45) is 17.3 Å². The molecular weight excluding hydrogens is 152 g/mol. The van der Waals surface area contributed by atoms with Crippen LogP contribution in [-0.2, 0) is 4.79 Å². The van der Waals surface area contributed by atoms with Gasteiger partial charge in [0.1, 0.15) is 0 Å². The second kappa shape index (κ2) is 3.08. The molecule has 1 fully saturated rings. The van der Waals surface area contributed by atoms with E-state index in [1.54, 1.807) is 0 Å². The van der Waals surface area contributed by atoms with E-state index < -0.39 is 5.97 Å². The standard InChI is InChI=1S/C10H18O2/c1-4-8-7(2)5-10(8,3)6-9(11)12/h7-8H,4-6H2,1-3H3,(H,11,12). The first-order valence-corrected chi connectivity index (χ1v) is 4.71. The quantitative estimate of drug-likeness (QED) is 0.706. The van der Waals surface area contributed by atoms with Crippen LogP contribution in [0.4, 0.5) is 0 Å². The van der Waals surface area contributed by atoms with Crippen molar-refractivity contribution in [2.75, 3.05) is 0 Å². The molecule has 1 N–H and O–H groups in total. The maximum absolute atomic E-state index is 10.6. The first-order valence-electron chi connectivity index (χ1n) is 4.71. The Hall–Kier alpha value is -0.530. The Bertz CT molecular complexity index is 188. The van der Waals surface area contributed by atoms with E-state index in [4.69, 9.17) is 5.11 Å². The molecule has 0 aromatic carbocycles. The number of aliphatic carboxylic acids is 1. The van der Waals surface area contributed by atoms with Crippen LogP contribution in [-0.4, -0.2) is 11.1 Å². The molecule has 3 unspecified atom stereocenters. The van der Waals surface area contributed by atoms with Gasteiger partial charge in [-0.2, -0.15) is 0 Å². The van der Waals surface area contributed by atoms with Gasteiger partial charge >= 0.3 is 5.97 Å². The van der Waals surface area contributed by atoms with Gasteiger partial charge in [0, 0.05) is 0 Å². The molecule has 12 heavy (non-hydrogen) atoms. The van der Waals surface area contributed by atoms with Crippen LogP contribution in [0.25, 0.3) is 0 Å². The third kappa shape index (κ3) is 1.47. The summed E-state index contributed by atoms with van der Waals surface area (Å²) in [6.07, 6.45) is 2.54. The van der Waals surface area contributed by atoms with Gasteiger partial charge in [-0.3, -0.25) is 4.79 Å². The topological polar surface area (TPSA) is 37.3 Å². The number of carboxylic acids is 1. The van der Waals surface area contributed by atoms with E-state index in [1.165, 1.54) is 0 Å². The summed E-state index contributed by atoms with van der Waals surface area (Å²) in [7, 11) is 0. The normalized spacial score (nSPS) is 40.6. The molecule has 1 aliphatic rings. The highest BCUT2D eigenvalue weighted by atomic mass is 16.4. The van der Waals surface area contributed by atoms with Gasteiger partial charge < -0.3 is 5.11 Å². The summed E-state index contributed by atoms with van der Waals surface area (Å²) >= 11 is 0. The van der Waals surface area contributed by atoms with Crippen molar-refractivity contribution in [3.63, 3.8) is 0 Å². The van der Waals surface area contributed by atoms with Gasteiger partial charge in [-0.1, -0.05) is 27.2 Å². The van der Waals surface area contributed by atoms with Gasteiger partial charge in [-0.25, -0.2) is 0 Å². The monoisotopic (exact) mass is 170 g/mol. The minimum atomic E-state index is -0.650. The zero-order valence-corrected chi connectivity index (χ0v) is 8.13. The number of carbonyl (C=O) groups is 1. The summed E-state index contributed by atoms with van der Waals surface area (Å²) in [5.41, 5.74) is 0.0833. The average Bonchev–Trinajstić information content (AvgIpc) is 1.84. The van der Waals surface area contributed by atoms with Gasteiger partial charge in [0.05, 0.1) is 6.42 Å². The molecule has 3 atom stereocenters. The highest BCUT2D eigenvalue weighted by Gasteiger charge is 2.47. The summed E-state index contributed by atoms with van der Waals surface area (Å²) < 4.78 is 0. The van der Waals surface area contributed by atoms with Crippen LogP contribution >= 0.6 is 0 Å². The van der Waals surface area contributed by atoms with Crippen LogP contribution in [0, 0.1) is 17.3 Å². The van der Waals surface area contributed by atoms with Gasteiger partial charge in [-0.05, 0) is 23.7 Å². The molecule has 0 aliphatic heterocycles. The summed E-state index contributed by atoms with van der Waals surface area (Å²) in [6.45, 7) is 6.48. The van der Waals surface area contributed by atoms with Crippen LogP contribution in [0.3, 0.4) is 0 Å². The Labute approximate surface area is 74.0 Å². The van der Waals surface area contributed by atoms with Crippen molar-refractivity contribution in [1.82, 2.24) is 0 Å². The molecule has 0 spiro atoms. The van der Waals surface area contributed by atoms with Crippen molar-refractivity contribution in [3.05, 3.63) is 0 Å². The third-order valence-corrected chi connectivity index (χ3v) is 3.37. The Morgan fingerprint density at radius 1 is 1.67 bits per heavy atom. The molecular formula is C10H18O2. The fourth-order valence-corrected chi connectivity index (χ4v) is 3.00. The van der Waals surface area contributed by atoms with Gasteiger partial charge in [0.15, 0.2) is 0 Å². The van der Waals surface area contributed by atoms with Crippen molar-refractivity contribution in [3.8, 4) is 0 Å². The fourth-order valence-electron chi connectivity index (χ4n) is 3.00. The van der Waals surface area contributed by atoms with Crippen molar-refractivity contribution >= 4 is 5.97 Å². The predicted molar refractivity (Wildman–Crippen MR) is 47.9 cm³/mol. The van der Waals surface area contributed by atoms with Gasteiger partial charge in [0.25, 0.3) is 0 Å². The predicted octanol–water partition coefficient (Wildman–Crippen LogP) is 2.53. The minimum absolute atomic E-state index is 0.0833. The zero-order chi connectivity index (χ0) is 9.35. The van der Waals surface area contributed by atoms with E-state index in [0.717, 1.165) is 18.8 Å². The second-order valence-electron chi connectivity index (χ2n) is 4.42. The molecule has 1 saturated carbocycles. The number of carboxylic acid groups (broad SMARTS) is 1. The van der Waals surface area contributed by atoms with Crippen molar-refractivity contribution in [1.29, 1.82) is 0 Å². The maximum Gasteiger partial charge on any atom is 0.303 e. The lowest BCUT2D eigenvalue weighted by Crippen LogP contribution is -2.45. The Morgan fingerprint density at radius 2 is 2.25 bits per heavy atom. The molecule has 2 heteroatoms. The van der Waals surface area contributed by atoms with Crippen LogP contribution < -0.4 is 0 Å². The molecule has 0 heterocycles. The molecule has 0 radical (unpaired) electrons. The second-order valence-corrected chi connectivity index (χ2v) is 4.42. The molecule has 0 aromatic rings. The summed E-state index contributed by atoms with van der Waals surface area (Å²) in [4.78, 5) is 10.6. The molecule has 0 amide bonds. The molecule has 0 saturated heterocycles. The Kier molecular flexibility index (Phi) is 2.45. The molecule has 70 valence electrons. The fraction of sp³-hybridized carbons (Fsp3) is 0.900.